The molecule has 2 heterocycles. The lowest BCUT2D eigenvalue weighted by atomic mass is 10.0. The van der Waals surface area contributed by atoms with Crippen LogP contribution in [0.5, 0.6) is 0 Å². The zero-order valence-corrected chi connectivity index (χ0v) is 24.3. The topological polar surface area (TPSA) is 43.9 Å². The van der Waals surface area contributed by atoms with E-state index in [0.717, 1.165) is 34.3 Å². The highest BCUT2D eigenvalue weighted by atomic mass is 16.4. The molecule has 0 amide bonds. The number of aromatic nitrogens is 3. The van der Waals surface area contributed by atoms with Gasteiger partial charge in [-0.15, -0.1) is 10.2 Å². The second-order valence-electron chi connectivity index (χ2n) is 11.0. The average molecular weight is 568 g/mol. The molecule has 0 saturated heterocycles. The Morgan fingerprint density at radius 2 is 0.932 bits per heavy atom. The molecule has 0 aliphatic carbocycles. The molecule has 0 fully saturated rings. The molecular formula is C40H29N3O. The molecule has 0 radical (unpaired) electrons. The third kappa shape index (κ3) is 4.58. The summed E-state index contributed by atoms with van der Waals surface area (Å²) < 4.78 is 8.42. The van der Waals surface area contributed by atoms with Crippen molar-refractivity contribution >= 4 is 21.8 Å². The largest absolute Gasteiger partial charge is 0.416 e. The molecule has 8 rings (SSSR count). The van der Waals surface area contributed by atoms with E-state index in [0.29, 0.717) is 11.8 Å². The quantitative estimate of drug-likeness (QED) is 0.201. The number of hydrogen-bond acceptors (Lipinski definition) is 3. The molecule has 0 atom stereocenters. The van der Waals surface area contributed by atoms with E-state index in [1.165, 1.54) is 38.6 Å². The van der Waals surface area contributed by atoms with Crippen LogP contribution in [0.15, 0.2) is 150 Å². The van der Waals surface area contributed by atoms with Crippen LogP contribution in [0.2, 0.25) is 0 Å². The molecule has 4 nitrogen and oxygen atoms in total. The molecule has 0 saturated carbocycles. The first-order valence-corrected chi connectivity index (χ1v) is 15.0. The second-order valence-corrected chi connectivity index (χ2v) is 11.0. The van der Waals surface area contributed by atoms with Gasteiger partial charge in [-0.3, -0.25) is 0 Å². The van der Waals surface area contributed by atoms with Crippen LogP contribution in [0.1, 0.15) is 12.5 Å². The number of benzene rings is 6. The first-order chi connectivity index (χ1) is 21.7. The molecule has 6 aromatic carbocycles. The molecule has 4 heteroatoms. The van der Waals surface area contributed by atoms with Gasteiger partial charge in [-0.05, 0) is 94.9 Å². The second kappa shape index (κ2) is 10.8. The van der Waals surface area contributed by atoms with Crippen molar-refractivity contribution in [2.45, 2.75) is 13.3 Å². The lowest BCUT2D eigenvalue weighted by Gasteiger charge is -2.09. The zero-order chi connectivity index (χ0) is 29.5. The van der Waals surface area contributed by atoms with Gasteiger partial charge in [0.25, 0.3) is 0 Å². The van der Waals surface area contributed by atoms with Crippen LogP contribution in [0.3, 0.4) is 0 Å². The van der Waals surface area contributed by atoms with Gasteiger partial charge in [0.2, 0.25) is 11.8 Å². The minimum atomic E-state index is 0.508. The number of fused-ring (bicyclic) bond motifs is 3. The van der Waals surface area contributed by atoms with Crippen LogP contribution < -0.4 is 0 Å². The molecule has 0 aliphatic rings. The maximum Gasteiger partial charge on any atom is 0.248 e. The maximum absolute atomic E-state index is 6.08. The smallest absolute Gasteiger partial charge is 0.248 e. The molecule has 0 N–H and O–H groups in total. The van der Waals surface area contributed by atoms with Crippen LogP contribution in [0, 0.1) is 0 Å². The Morgan fingerprint density at radius 3 is 1.41 bits per heavy atom. The summed E-state index contributed by atoms with van der Waals surface area (Å²) in [5.74, 6) is 1.03. The first-order valence-electron chi connectivity index (χ1n) is 15.0. The molecule has 0 spiro atoms. The standard InChI is InChI=1S/C40H29N3O/c1-2-27-13-15-30(16-14-27)39-41-42-40(44-39)31-17-21-34(22-18-31)43-37-23-19-32(28-9-5-3-6-10-28)25-35(37)36-26-33(20-24-38(36)43)29-11-7-4-8-12-29/h3-26H,2H2,1H3. The molecule has 210 valence electrons. The van der Waals surface area contributed by atoms with Gasteiger partial charge in [-0.1, -0.05) is 91.9 Å². The molecule has 0 unspecified atom stereocenters. The lowest BCUT2D eigenvalue weighted by Crippen LogP contribution is -1.94. The third-order valence-electron chi connectivity index (χ3n) is 8.39. The van der Waals surface area contributed by atoms with Gasteiger partial charge in [0.05, 0.1) is 11.0 Å². The van der Waals surface area contributed by atoms with Gasteiger partial charge in [0, 0.05) is 27.6 Å². The number of rotatable bonds is 6. The fourth-order valence-electron chi connectivity index (χ4n) is 6.01. The van der Waals surface area contributed by atoms with E-state index in [1.807, 2.05) is 12.1 Å². The Kier molecular flexibility index (Phi) is 6.38. The average Bonchev–Trinajstić information content (AvgIpc) is 3.72. The zero-order valence-electron chi connectivity index (χ0n) is 24.3. The van der Waals surface area contributed by atoms with E-state index in [1.54, 1.807) is 0 Å². The molecule has 0 aliphatic heterocycles. The summed E-state index contributed by atoms with van der Waals surface area (Å²) in [6.45, 7) is 2.15. The minimum absolute atomic E-state index is 0.508. The normalized spacial score (nSPS) is 11.4. The van der Waals surface area contributed by atoms with Gasteiger partial charge in [-0.25, -0.2) is 0 Å². The Morgan fingerprint density at radius 1 is 0.477 bits per heavy atom. The van der Waals surface area contributed by atoms with Crippen molar-refractivity contribution in [1.82, 2.24) is 14.8 Å². The van der Waals surface area contributed by atoms with Crippen molar-refractivity contribution in [3.8, 4) is 50.8 Å². The summed E-state index contributed by atoms with van der Waals surface area (Å²) in [6.07, 6.45) is 0.996. The Balaban J connectivity index is 1.22. The highest BCUT2D eigenvalue weighted by Gasteiger charge is 2.16. The number of aryl methyl sites for hydroxylation is 1. The van der Waals surface area contributed by atoms with Crippen molar-refractivity contribution in [3.05, 3.63) is 151 Å². The molecule has 2 aromatic heterocycles. The lowest BCUT2D eigenvalue weighted by molar-refractivity contribution is 0.584. The van der Waals surface area contributed by atoms with Crippen LogP contribution in [0.25, 0.3) is 72.7 Å². The Labute approximate surface area is 255 Å². The van der Waals surface area contributed by atoms with E-state index >= 15 is 0 Å². The van der Waals surface area contributed by atoms with Crippen molar-refractivity contribution in [1.29, 1.82) is 0 Å². The van der Waals surface area contributed by atoms with Crippen LogP contribution in [-0.2, 0) is 6.42 Å². The van der Waals surface area contributed by atoms with Crippen molar-refractivity contribution in [3.63, 3.8) is 0 Å². The van der Waals surface area contributed by atoms with E-state index < -0.39 is 0 Å². The highest BCUT2D eigenvalue weighted by Crippen LogP contribution is 2.37. The fraction of sp³-hybridized carbons (Fsp3) is 0.0500. The number of hydrogen-bond donors (Lipinski definition) is 0. The summed E-state index contributed by atoms with van der Waals surface area (Å²) in [5.41, 5.74) is 11.3. The van der Waals surface area contributed by atoms with E-state index in [2.05, 4.69) is 155 Å². The monoisotopic (exact) mass is 567 g/mol. The van der Waals surface area contributed by atoms with Crippen LogP contribution in [0.4, 0.5) is 0 Å². The highest BCUT2D eigenvalue weighted by molar-refractivity contribution is 6.11. The Bertz CT molecular complexity index is 2130. The summed E-state index contributed by atoms with van der Waals surface area (Å²) in [7, 11) is 0. The summed E-state index contributed by atoms with van der Waals surface area (Å²) >= 11 is 0. The SMILES string of the molecule is CCc1ccc(-c2nnc(-c3ccc(-n4c5ccc(-c6ccccc6)cc5c5cc(-c6ccccc6)ccc54)cc3)o2)cc1. The van der Waals surface area contributed by atoms with Crippen molar-refractivity contribution in [2.75, 3.05) is 0 Å². The molecule has 8 aromatic rings. The van der Waals surface area contributed by atoms with Gasteiger partial charge in [0.1, 0.15) is 0 Å². The van der Waals surface area contributed by atoms with E-state index in [-0.39, 0.29) is 0 Å². The molecule has 44 heavy (non-hydrogen) atoms. The van der Waals surface area contributed by atoms with E-state index in [9.17, 15) is 0 Å². The predicted molar refractivity (Wildman–Crippen MR) is 180 cm³/mol. The summed E-state index contributed by atoms with van der Waals surface area (Å²) in [4.78, 5) is 0. The maximum atomic E-state index is 6.08. The first kappa shape index (κ1) is 25.9. The fourth-order valence-corrected chi connectivity index (χ4v) is 6.01. The van der Waals surface area contributed by atoms with Crippen LogP contribution >= 0.6 is 0 Å². The van der Waals surface area contributed by atoms with E-state index in [4.69, 9.17) is 4.42 Å². The Hall–Kier alpha value is -5.74. The minimum Gasteiger partial charge on any atom is -0.416 e. The van der Waals surface area contributed by atoms with Crippen molar-refractivity contribution in [2.24, 2.45) is 0 Å². The molecule has 0 bridgehead atoms. The third-order valence-corrected chi connectivity index (χ3v) is 8.39. The predicted octanol–water partition coefficient (Wildman–Crippen LogP) is 10.4. The summed E-state index contributed by atoms with van der Waals surface area (Å²) in [5, 5.41) is 11.1. The molecular weight excluding hydrogens is 538 g/mol. The van der Waals surface area contributed by atoms with Crippen molar-refractivity contribution < 1.29 is 4.42 Å². The summed E-state index contributed by atoms with van der Waals surface area (Å²) in [6, 6.07) is 51.3. The van der Waals surface area contributed by atoms with Crippen LogP contribution in [-0.4, -0.2) is 14.8 Å². The van der Waals surface area contributed by atoms with Gasteiger partial charge in [-0.2, -0.15) is 0 Å². The van der Waals surface area contributed by atoms with Gasteiger partial charge < -0.3 is 8.98 Å². The van der Waals surface area contributed by atoms with Gasteiger partial charge in [0.15, 0.2) is 0 Å². The number of nitrogens with zero attached hydrogens (tertiary/aromatic N) is 3. The van der Waals surface area contributed by atoms with Gasteiger partial charge >= 0.3 is 0 Å².